The van der Waals surface area contributed by atoms with E-state index in [2.05, 4.69) is 25.9 Å². The average molecular weight is 318 g/mol. The van der Waals surface area contributed by atoms with Gasteiger partial charge in [-0.3, -0.25) is 9.78 Å². The van der Waals surface area contributed by atoms with E-state index in [-0.39, 0.29) is 11.9 Å². The van der Waals surface area contributed by atoms with Crippen LogP contribution in [-0.4, -0.2) is 38.3 Å². The van der Waals surface area contributed by atoms with E-state index in [1.54, 1.807) is 6.33 Å². The predicted octanol–water partition coefficient (Wildman–Crippen LogP) is 2.90. The Hall–Kier alpha value is -2.69. The molecule has 2 unspecified atom stereocenters. The van der Waals surface area contributed by atoms with E-state index in [9.17, 15) is 4.79 Å². The van der Waals surface area contributed by atoms with Crippen molar-refractivity contribution in [1.29, 1.82) is 0 Å². The Balaban J connectivity index is 1.46. The lowest BCUT2D eigenvalue weighted by Crippen LogP contribution is -2.49. The minimum Gasteiger partial charge on any atom is -0.345 e. The molecule has 5 heteroatoms. The number of pyridine rings is 1. The van der Waals surface area contributed by atoms with E-state index < -0.39 is 0 Å². The minimum absolute atomic E-state index is 0.127. The molecule has 0 radical (unpaired) electrons. The third-order valence-corrected chi connectivity index (χ3v) is 5.41. The maximum Gasteiger partial charge on any atom is 0.254 e. The molecule has 120 valence electrons. The summed E-state index contributed by atoms with van der Waals surface area (Å²) < 4.78 is 0. The maximum absolute atomic E-state index is 13.1. The fraction of sp³-hybridized carbons (Fsp3) is 0.316. The first kappa shape index (κ1) is 13.7. The molecule has 2 atom stereocenters. The molecule has 3 aromatic rings. The van der Waals surface area contributed by atoms with E-state index in [4.69, 9.17) is 0 Å². The van der Waals surface area contributed by atoms with Crippen LogP contribution < -0.4 is 0 Å². The molecule has 24 heavy (non-hydrogen) atoms. The third kappa shape index (κ3) is 2.04. The number of carbonyl (C=O) groups is 1. The van der Waals surface area contributed by atoms with Crippen molar-refractivity contribution in [1.82, 2.24) is 19.9 Å². The van der Waals surface area contributed by atoms with Gasteiger partial charge in [-0.15, -0.1) is 0 Å². The van der Waals surface area contributed by atoms with Crippen molar-refractivity contribution in [3.8, 4) is 0 Å². The van der Waals surface area contributed by atoms with Crippen molar-refractivity contribution >= 4 is 16.9 Å². The first-order chi connectivity index (χ1) is 11.8. The summed E-state index contributed by atoms with van der Waals surface area (Å²) in [6.07, 6.45) is 6.49. The number of fused-ring (bicyclic) bond motifs is 5. The molecular formula is C19H18N4O. The SMILES string of the molecule is O=C(c1ccc2nc[nH]c2c1)N1CCC2CC1Cc1cccnc12. The largest absolute Gasteiger partial charge is 0.345 e. The maximum atomic E-state index is 13.1. The summed E-state index contributed by atoms with van der Waals surface area (Å²) in [6, 6.07) is 10.1. The Bertz CT molecular complexity index is 932. The summed E-state index contributed by atoms with van der Waals surface area (Å²) in [5, 5.41) is 0. The van der Waals surface area contributed by atoms with E-state index in [1.165, 1.54) is 11.3 Å². The van der Waals surface area contributed by atoms with Gasteiger partial charge in [0.05, 0.1) is 17.4 Å². The van der Waals surface area contributed by atoms with Crippen molar-refractivity contribution in [2.24, 2.45) is 0 Å². The summed E-state index contributed by atoms with van der Waals surface area (Å²) >= 11 is 0. The molecule has 1 aromatic carbocycles. The van der Waals surface area contributed by atoms with Crippen LogP contribution in [0.3, 0.4) is 0 Å². The van der Waals surface area contributed by atoms with Crippen LogP contribution in [0.1, 0.15) is 40.4 Å². The van der Waals surface area contributed by atoms with Gasteiger partial charge in [0.15, 0.2) is 0 Å². The Morgan fingerprint density at radius 3 is 3.17 bits per heavy atom. The van der Waals surface area contributed by atoms with Gasteiger partial charge in [-0.05, 0) is 49.1 Å². The fourth-order valence-corrected chi connectivity index (χ4v) is 4.24. The number of likely N-dealkylation sites (tertiary alicyclic amines) is 1. The van der Waals surface area contributed by atoms with Crippen molar-refractivity contribution in [2.75, 3.05) is 6.54 Å². The number of hydrogen-bond acceptors (Lipinski definition) is 3. The number of benzene rings is 1. The van der Waals surface area contributed by atoms with Gasteiger partial charge < -0.3 is 9.88 Å². The molecule has 0 spiro atoms. The summed E-state index contributed by atoms with van der Waals surface area (Å²) in [7, 11) is 0. The molecule has 3 heterocycles. The standard InChI is InChI=1S/C19H18N4O/c24-19(14-3-4-16-17(10-14)22-11-21-16)23-7-5-13-9-15(23)8-12-2-1-6-20-18(12)13/h1-4,6,10-11,13,15H,5,7-9H2,(H,21,22). The second-order valence-electron chi connectivity index (χ2n) is 6.76. The molecule has 5 rings (SSSR count). The number of amides is 1. The van der Waals surface area contributed by atoms with Crippen molar-refractivity contribution in [3.05, 3.63) is 59.7 Å². The number of rotatable bonds is 1. The second kappa shape index (κ2) is 5.16. The fourth-order valence-electron chi connectivity index (χ4n) is 4.24. The number of aromatic amines is 1. The monoisotopic (exact) mass is 318 g/mol. The number of piperidine rings is 1. The molecule has 2 bridgehead atoms. The smallest absolute Gasteiger partial charge is 0.254 e. The van der Waals surface area contributed by atoms with Gasteiger partial charge in [-0.25, -0.2) is 4.98 Å². The molecule has 1 aliphatic carbocycles. The summed E-state index contributed by atoms with van der Waals surface area (Å²) in [5.41, 5.74) is 5.10. The molecular weight excluding hydrogens is 300 g/mol. The highest BCUT2D eigenvalue weighted by Crippen LogP contribution is 2.39. The van der Waals surface area contributed by atoms with E-state index in [0.29, 0.717) is 5.92 Å². The number of H-pyrrole nitrogens is 1. The lowest BCUT2D eigenvalue weighted by Gasteiger charge is -2.43. The van der Waals surface area contributed by atoms with Crippen LogP contribution in [0.4, 0.5) is 0 Å². The molecule has 1 amide bonds. The number of nitrogens with zero attached hydrogens (tertiary/aromatic N) is 3. The van der Waals surface area contributed by atoms with E-state index in [1.807, 2.05) is 30.5 Å². The Labute approximate surface area is 139 Å². The molecule has 5 nitrogen and oxygen atoms in total. The molecule has 1 saturated heterocycles. The van der Waals surface area contributed by atoms with E-state index in [0.717, 1.165) is 42.4 Å². The topological polar surface area (TPSA) is 61.9 Å². The van der Waals surface area contributed by atoms with Crippen molar-refractivity contribution in [2.45, 2.75) is 31.2 Å². The normalized spacial score (nSPS) is 22.4. The summed E-state index contributed by atoms with van der Waals surface area (Å²) in [4.78, 5) is 27.0. The lowest BCUT2D eigenvalue weighted by molar-refractivity contribution is 0.0571. The molecule has 2 aliphatic rings. The Kier molecular flexibility index (Phi) is 2.95. The van der Waals surface area contributed by atoms with Gasteiger partial charge in [0.1, 0.15) is 0 Å². The van der Waals surface area contributed by atoms with Crippen LogP contribution in [-0.2, 0) is 6.42 Å². The zero-order chi connectivity index (χ0) is 16.1. The van der Waals surface area contributed by atoms with Gasteiger partial charge in [0, 0.05) is 36.0 Å². The highest BCUT2D eigenvalue weighted by molar-refractivity contribution is 5.97. The highest BCUT2D eigenvalue weighted by Gasteiger charge is 2.37. The van der Waals surface area contributed by atoms with Gasteiger partial charge >= 0.3 is 0 Å². The van der Waals surface area contributed by atoms with Crippen LogP contribution in [0, 0.1) is 0 Å². The Morgan fingerprint density at radius 1 is 1.25 bits per heavy atom. The highest BCUT2D eigenvalue weighted by atomic mass is 16.2. The third-order valence-electron chi connectivity index (χ3n) is 5.41. The van der Waals surface area contributed by atoms with Crippen LogP contribution in [0.15, 0.2) is 42.9 Å². The van der Waals surface area contributed by atoms with Gasteiger partial charge in [0.2, 0.25) is 0 Å². The van der Waals surface area contributed by atoms with Gasteiger partial charge in [0.25, 0.3) is 5.91 Å². The molecule has 1 fully saturated rings. The quantitative estimate of drug-likeness (QED) is 0.750. The van der Waals surface area contributed by atoms with Crippen LogP contribution in [0.25, 0.3) is 11.0 Å². The number of aromatic nitrogens is 3. The predicted molar refractivity (Wildman–Crippen MR) is 90.8 cm³/mol. The first-order valence-electron chi connectivity index (χ1n) is 8.47. The summed E-state index contributed by atoms with van der Waals surface area (Å²) in [6.45, 7) is 0.811. The summed E-state index contributed by atoms with van der Waals surface area (Å²) in [5.74, 6) is 0.626. The Morgan fingerprint density at radius 2 is 2.21 bits per heavy atom. The molecule has 2 aromatic heterocycles. The number of hydrogen-bond donors (Lipinski definition) is 1. The molecule has 1 aliphatic heterocycles. The number of nitrogens with one attached hydrogen (secondary N) is 1. The zero-order valence-electron chi connectivity index (χ0n) is 13.3. The van der Waals surface area contributed by atoms with Crippen LogP contribution in [0.2, 0.25) is 0 Å². The van der Waals surface area contributed by atoms with E-state index >= 15 is 0 Å². The zero-order valence-corrected chi connectivity index (χ0v) is 13.3. The number of imidazole rings is 1. The van der Waals surface area contributed by atoms with Gasteiger partial charge in [-0.2, -0.15) is 0 Å². The number of carbonyl (C=O) groups excluding carboxylic acids is 1. The average Bonchev–Trinajstić information content (AvgIpc) is 3.09. The van der Waals surface area contributed by atoms with Gasteiger partial charge in [-0.1, -0.05) is 6.07 Å². The molecule has 0 saturated carbocycles. The first-order valence-corrected chi connectivity index (χ1v) is 8.47. The van der Waals surface area contributed by atoms with Crippen LogP contribution in [0.5, 0.6) is 0 Å². The van der Waals surface area contributed by atoms with Crippen molar-refractivity contribution in [3.63, 3.8) is 0 Å². The van der Waals surface area contributed by atoms with Crippen molar-refractivity contribution < 1.29 is 4.79 Å². The molecule has 1 N–H and O–H groups in total. The van der Waals surface area contributed by atoms with Crippen LogP contribution >= 0.6 is 0 Å². The second-order valence-corrected chi connectivity index (χ2v) is 6.76. The lowest BCUT2D eigenvalue weighted by atomic mass is 9.78. The minimum atomic E-state index is 0.127.